The van der Waals surface area contributed by atoms with Crippen LogP contribution in [0.15, 0.2) is 122 Å². The first-order valence-electron chi connectivity index (χ1n) is 12.6. The average molecular weight is 530 g/mol. The van der Waals surface area contributed by atoms with Gasteiger partial charge in [0, 0.05) is 22.4 Å². The van der Waals surface area contributed by atoms with Gasteiger partial charge in [-0.05, 0) is 79.7 Å². The lowest BCUT2D eigenvalue weighted by Crippen LogP contribution is -2.18. The summed E-state index contributed by atoms with van der Waals surface area (Å²) in [7, 11) is 1.63. The Balaban J connectivity index is 1.33. The third-order valence-corrected chi connectivity index (χ3v) is 6.43. The van der Waals surface area contributed by atoms with Gasteiger partial charge in [-0.25, -0.2) is 14.6 Å². The van der Waals surface area contributed by atoms with Gasteiger partial charge in [-0.3, -0.25) is 0 Å². The number of fused-ring (bicyclic) bond motifs is 2. The monoisotopic (exact) mass is 529 g/mol. The van der Waals surface area contributed by atoms with Gasteiger partial charge in [0.05, 0.1) is 18.2 Å². The number of hydrogen-bond acceptors (Lipinski definition) is 7. The predicted octanol–water partition coefficient (Wildman–Crippen LogP) is 6.97. The van der Waals surface area contributed by atoms with E-state index < -0.39 is 11.6 Å². The van der Waals surface area contributed by atoms with Crippen LogP contribution in [0.5, 0.6) is 11.5 Å². The zero-order valence-electron chi connectivity index (χ0n) is 21.7. The van der Waals surface area contributed by atoms with Gasteiger partial charge in [-0.2, -0.15) is 0 Å². The summed E-state index contributed by atoms with van der Waals surface area (Å²) in [5, 5.41) is 2.24. The van der Waals surface area contributed by atoms with Crippen LogP contribution in [0.2, 0.25) is 0 Å². The SMILES string of the molecule is COc1ccc(-c2cc(=Nc3ccc(OC(=O)c4cc5ccccc5oc4=O)cc3)c3cc(C)ccc3o2)cc1. The lowest BCUT2D eigenvalue weighted by atomic mass is 10.1. The molecular weight excluding hydrogens is 506 g/mol. The molecular formula is C33H23NO6. The minimum absolute atomic E-state index is 0.173. The number of hydrogen-bond donors (Lipinski definition) is 0. The summed E-state index contributed by atoms with van der Waals surface area (Å²) in [6.45, 7) is 2.01. The second-order valence-corrected chi connectivity index (χ2v) is 9.20. The standard InChI is InChI=1S/C33H23NO6/c1-20-7-16-30-26(17-20)28(19-31(39-30)21-8-12-24(37-2)13-9-21)34-23-10-14-25(15-11-23)38-32(35)27-18-22-5-3-4-6-29(22)40-33(27)36/h3-19H,1-2H3. The molecule has 0 spiro atoms. The number of benzene rings is 4. The van der Waals surface area contributed by atoms with Crippen LogP contribution in [0.1, 0.15) is 15.9 Å². The van der Waals surface area contributed by atoms with E-state index >= 15 is 0 Å². The Morgan fingerprint density at radius 2 is 1.52 bits per heavy atom. The Bertz CT molecular complexity index is 2000. The second-order valence-electron chi connectivity index (χ2n) is 9.20. The minimum Gasteiger partial charge on any atom is -0.497 e. The topological polar surface area (TPSA) is 91.2 Å². The number of methoxy groups -OCH3 is 1. The van der Waals surface area contributed by atoms with Crippen LogP contribution in [-0.2, 0) is 0 Å². The normalized spacial score (nSPS) is 11.6. The van der Waals surface area contributed by atoms with E-state index in [0.29, 0.717) is 28.0 Å². The van der Waals surface area contributed by atoms with Crippen molar-refractivity contribution in [2.24, 2.45) is 4.99 Å². The molecule has 0 bridgehead atoms. The molecule has 2 aromatic heterocycles. The van der Waals surface area contributed by atoms with Crippen molar-refractivity contribution in [2.45, 2.75) is 6.92 Å². The van der Waals surface area contributed by atoms with Crippen LogP contribution in [0.4, 0.5) is 5.69 Å². The molecule has 0 radical (unpaired) electrons. The zero-order valence-corrected chi connectivity index (χ0v) is 21.7. The Labute approximate surface area is 228 Å². The van der Waals surface area contributed by atoms with Gasteiger partial charge >= 0.3 is 11.6 Å². The third kappa shape index (κ3) is 5.00. The summed E-state index contributed by atoms with van der Waals surface area (Å²) < 4.78 is 22.2. The van der Waals surface area contributed by atoms with E-state index in [1.165, 1.54) is 6.07 Å². The fourth-order valence-corrected chi connectivity index (χ4v) is 4.37. The highest BCUT2D eigenvalue weighted by Crippen LogP contribution is 2.26. The van der Waals surface area contributed by atoms with Crippen molar-refractivity contribution in [1.82, 2.24) is 0 Å². The van der Waals surface area contributed by atoms with Crippen LogP contribution in [-0.4, -0.2) is 13.1 Å². The molecule has 0 atom stereocenters. The predicted molar refractivity (Wildman–Crippen MR) is 152 cm³/mol. The molecule has 0 aliphatic carbocycles. The fourth-order valence-electron chi connectivity index (χ4n) is 4.37. The van der Waals surface area contributed by atoms with Gasteiger partial charge in [0.1, 0.15) is 34.0 Å². The highest BCUT2D eigenvalue weighted by Gasteiger charge is 2.16. The molecule has 0 aliphatic heterocycles. The van der Waals surface area contributed by atoms with Crippen molar-refractivity contribution >= 4 is 33.6 Å². The van der Waals surface area contributed by atoms with Crippen molar-refractivity contribution in [3.63, 3.8) is 0 Å². The van der Waals surface area contributed by atoms with E-state index in [4.69, 9.17) is 23.3 Å². The molecule has 0 amide bonds. The quantitative estimate of drug-likeness (QED) is 0.136. The molecule has 6 rings (SSSR count). The van der Waals surface area contributed by atoms with Crippen molar-refractivity contribution in [3.05, 3.63) is 130 Å². The molecule has 40 heavy (non-hydrogen) atoms. The molecule has 0 N–H and O–H groups in total. The van der Waals surface area contributed by atoms with Crippen molar-refractivity contribution < 1.29 is 23.1 Å². The minimum atomic E-state index is -0.792. The molecule has 0 aliphatic rings. The van der Waals surface area contributed by atoms with E-state index in [9.17, 15) is 9.59 Å². The van der Waals surface area contributed by atoms with Gasteiger partial charge in [0.25, 0.3) is 0 Å². The molecule has 0 saturated heterocycles. The van der Waals surface area contributed by atoms with Crippen LogP contribution in [0.25, 0.3) is 33.3 Å². The largest absolute Gasteiger partial charge is 0.497 e. The van der Waals surface area contributed by atoms with Crippen LogP contribution < -0.4 is 20.5 Å². The number of rotatable bonds is 5. The Morgan fingerprint density at radius 1 is 0.775 bits per heavy atom. The summed E-state index contributed by atoms with van der Waals surface area (Å²) >= 11 is 0. The molecule has 7 nitrogen and oxygen atoms in total. The molecule has 2 heterocycles. The van der Waals surface area contributed by atoms with E-state index in [-0.39, 0.29) is 11.3 Å². The number of esters is 1. The van der Waals surface area contributed by atoms with Gasteiger partial charge in [0.15, 0.2) is 0 Å². The molecule has 0 saturated carbocycles. The maximum Gasteiger partial charge on any atom is 0.351 e. The number of nitrogens with zero attached hydrogens (tertiary/aromatic N) is 1. The summed E-state index contributed by atoms with van der Waals surface area (Å²) in [6, 6.07) is 30.7. The maximum atomic E-state index is 12.7. The van der Waals surface area contributed by atoms with E-state index in [1.54, 1.807) is 55.6 Å². The lowest BCUT2D eigenvalue weighted by molar-refractivity contribution is 0.0730. The smallest absolute Gasteiger partial charge is 0.351 e. The first-order valence-corrected chi connectivity index (χ1v) is 12.6. The van der Waals surface area contributed by atoms with E-state index in [0.717, 1.165) is 27.6 Å². The second kappa shape index (κ2) is 10.4. The van der Waals surface area contributed by atoms with Crippen molar-refractivity contribution in [2.75, 3.05) is 7.11 Å². The molecule has 0 fully saturated rings. The summed E-state index contributed by atoms with van der Waals surface area (Å²) in [6.07, 6.45) is 0. The zero-order chi connectivity index (χ0) is 27.6. The Hall–Kier alpha value is -5.43. The van der Waals surface area contributed by atoms with Gasteiger partial charge < -0.3 is 18.3 Å². The van der Waals surface area contributed by atoms with Crippen molar-refractivity contribution in [3.8, 4) is 22.8 Å². The van der Waals surface area contributed by atoms with E-state index in [1.807, 2.05) is 55.5 Å². The molecule has 196 valence electrons. The summed E-state index contributed by atoms with van der Waals surface area (Å²) in [5.41, 5.74) is 2.81. The molecule has 4 aromatic carbocycles. The number of carbonyl (C=O) groups is 1. The van der Waals surface area contributed by atoms with Crippen LogP contribution in [0.3, 0.4) is 0 Å². The highest BCUT2D eigenvalue weighted by atomic mass is 16.5. The number of carbonyl (C=O) groups excluding carboxylic acids is 1. The van der Waals surface area contributed by atoms with Gasteiger partial charge in [-0.15, -0.1) is 0 Å². The van der Waals surface area contributed by atoms with Crippen LogP contribution >= 0.6 is 0 Å². The Morgan fingerprint density at radius 3 is 2.30 bits per heavy atom. The summed E-state index contributed by atoms with van der Waals surface area (Å²) in [4.78, 5) is 29.9. The Kier molecular flexibility index (Phi) is 6.46. The maximum absolute atomic E-state index is 12.7. The highest BCUT2D eigenvalue weighted by molar-refractivity contribution is 5.94. The van der Waals surface area contributed by atoms with Gasteiger partial charge in [-0.1, -0.05) is 29.8 Å². The molecule has 0 unspecified atom stereocenters. The summed E-state index contributed by atoms with van der Waals surface area (Å²) in [5.74, 6) is 0.906. The average Bonchev–Trinajstić information content (AvgIpc) is 2.98. The number of aryl methyl sites for hydroxylation is 1. The first kappa shape index (κ1) is 24.9. The number of ether oxygens (including phenoxy) is 2. The molecule has 7 heteroatoms. The fraction of sp³-hybridized carbons (Fsp3) is 0.0606. The first-order chi connectivity index (χ1) is 19.5. The molecule has 6 aromatic rings. The van der Waals surface area contributed by atoms with Crippen LogP contribution in [0, 0.1) is 6.92 Å². The third-order valence-electron chi connectivity index (χ3n) is 6.43. The van der Waals surface area contributed by atoms with E-state index in [2.05, 4.69) is 0 Å². The van der Waals surface area contributed by atoms with Crippen molar-refractivity contribution in [1.29, 1.82) is 0 Å². The number of para-hydroxylation sites is 1. The van der Waals surface area contributed by atoms with Gasteiger partial charge in [0.2, 0.25) is 0 Å². The lowest BCUT2D eigenvalue weighted by Gasteiger charge is -2.07.